The molecule has 0 spiro atoms. The van der Waals surface area contributed by atoms with Crippen molar-refractivity contribution in [3.05, 3.63) is 24.4 Å². The second-order valence-corrected chi connectivity index (χ2v) is 1.74. The molecule has 1 rings (SSSR count). The van der Waals surface area contributed by atoms with Crippen LogP contribution in [0.4, 0.5) is 5.82 Å². The van der Waals surface area contributed by atoms with E-state index in [4.69, 9.17) is 7.98 Å². The number of nitrogens with zero attached hydrogens (tertiary/aromatic N) is 1. The third-order valence-electron chi connectivity index (χ3n) is 1.15. The number of rotatable bonds is 1. The van der Waals surface area contributed by atoms with Gasteiger partial charge in [-0.1, -0.05) is 6.07 Å². The number of pyridine rings is 1. The van der Waals surface area contributed by atoms with Crippen LogP contribution >= 0.6 is 0 Å². The molecule has 0 aliphatic rings. The molecule has 0 unspecified atom stereocenters. The summed E-state index contributed by atoms with van der Waals surface area (Å²) in [4.78, 5) is 0. The van der Waals surface area contributed by atoms with Crippen LogP contribution in [0, 0.1) is 0 Å². The summed E-state index contributed by atoms with van der Waals surface area (Å²) in [6.45, 7) is 0. The average molecular weight is 119 g/mol. The molecule has 0 saturated heterocycles. The summed E-state index contributed by atoms with van der Waals surface area (Å²) in [6.07, 6.45) is 1.78. The Hall–Kier alpha value is -0.985. The van der Waals surface area contributed by atoms with Gasteiger partial charge in [-0.2, -0.15) is 0 Å². The van der Waals surface area contributed by atoms with Gasteiger partial charge in [0, 0.05) is 12.3 Å². The number of aromatic nitrogens is 1. The Morgan fingerprint density at radius 1 is 1.56 bits per heavy atom. The molecule has 3 heteroatoms. The molecule has 45 valence electrons. The molecular weight excluding hydrogens is 111 g/mol. The van der Waals surface area contributed by atoms with Crippen molar-refractivity contribution in [3.63, 3.8) is 0 Å². The van der Waals surface area contributed by atoms with E-state index in [1.54, 1.807) is 6.20 Å². The highest BCUT2D eigenvalue weighted by Crippen LogP contribution is 1.92. The molecule has 1 aromatic rings. The highest BCUT2D eigenvalue weighted by molar-refractivity contribution is 5.95. The lowest BCUT2D eigenvalue weighted by Gasteiger charge is -2.09. The smallest absolute Gasteiger partial charge is 0.219 e. The van der Waals surface area contributed by atoms with E-state index >= 15 is 0 Å². The van der Waals surface area contributed by atoms with E-state index in [1.165, 1.54) is 4.48 Å². The van der Waals surface area contributed by atoms with Crippen LogP contribution in [0.2, 0.25) is 0 Å². The Balaban J connectivity index is 3.01. The van der Waals surface area contributed by atoms with Crippen molar-refractivity contribution in [1.29, 1.82) is 0 Å². The molecule has 2 nitrogen and oxygen atoms in total. The van der Waals surface area contributed by atoms with Gasteiger partial charge in [0.05, 0.1) is 7.05 Å². The molecule has 9 heavy (non-hydrogen) atoms. The Kier molecular flexibility index (Phi) is 1.73. The summed E-state index contributed by atoms with van der Waals surface area (Å²) in [7, 11) is 7.32. The highest BCUT2D eigenvalue weighted by atomic mass is 15.0. The van der Waals surface area contributed by atoms with Crippen LogP contribution < -0.4 is 9.79 Å². The fraction of sp³-hybridized carbons (Fsp3) is 0.167. The summed E-state index contributed by atoms with van der Waals surface area (Å²) < 4.78 is 1.53. The van der Waals surface area contributed by atoms with Gasteiger partial charge in [0.25, 0.3) is 0 Å². The van der Waals surface area contributed by atoms with Crippen LogP contribution in [0.15, 0.2) is 24.4 Å². The first-order valence-corrected chi connectivity index (χ1v) is 2.78. The van der Waals surface area contributed by atoms with Gasteiger partial charge < -0.3 is 4.48 Å². The molecule has 0 aliphatic carbocycles. The summed E-state index contributed by atoms with van der Waals surface area (Å²) >= 11 is 0. The maximum absolute atomic E-state index is 5.49. The van der Waals surface area contributed by atoms with Crippen LogP contribution in [0.3, 0.4) is 0 Å². The number of hydrogen-bond acceptors (Lipinski definition) is 1. The lowest BCUT2D eigenvalue weighted by Crippen LogP contribution is -2.33. The minimum atomic E-state index is 0.900. The monoisotopic (exact) mass is 119 g/mol. The fourth-order valence-corrected chi connectivity index (χ4v) is 0.668. The lowest BCUT2D eigenvalue weighted by atomic mass is 10.3. The second-order valence-electron chi connectivity index (χ2n) is 1.74. The van der Waals surface area contributed by atoms with Crippen molar-refractivity contribution in [1.82, 2.24) is 0 Å². The van der Waals surface area contributed by atoms with Gasteiger partial charge in [-0.05, 0) is 6.07 Å². The predicted octanol–water partition coefficient (Wildman–Crippen LogP) is -0.0526. The first-order valence-electron chi connectivity index (χ1n) is 2.78. The standard InChI is InChI=1S/C6H8BN2/c1-8-6-4-2-3-5-9(6)7/h2-5,8H,1H3. The molecule has 0 atom stereocenters. The van der Waals surface area contributed by atoms with E-state index in [0.717, 1.165) is 5.82 Å². The Morgan fingerprint density at radius 3 is 2.78 bits per heavy atom. The molecular formula is C6H8BN2. The maximum Gasteiger partial charge on any atom is 0.219 e. The van der Waals surface area contributed by atoms with Crippen LogP contribution in [-0.4, -0.2) is 15.0 Å². The fourth-order valence-electron chi connectivity index (χ4n) is 0.668. The zero-order valence-corrected chi connectivity index (χ0v) is 5.33. The van der Waals surface area contributed by atoms with Gasteiger partial charge in [-0.15, -0.1) is 0 Å². The summed E-state index contributed by atoms with van der Waals surface area (Å²) in [5.74, 6) is 0.900. The summed E-state index contributed by atoms with van der Waals surface area (Å²) in [5.41, 5.74) is 0. The quantitative estimate of drug-likeness (QED) is 0.512. The van der Waals surface area contributed by atoms with Crippen LogP contribution in [0.25, 0.3) is 0 Å². The average Bonchev–Trinajstić information content (AvgIpc) is 1.89. The SMILES string of the molecule is [B-][n+]1ccccc1NC. The van der Waals surface area contributed by atoms with Gasteiger partial charge in [0.15, 0.2) is 0 Å². The van der Waals surface area contributed by atoms with Gasteiger partial charge >= 0.3 is 0 Å². The molecule has 1 N–H and O–H groups in total. The zero-order valence-electron chi connectivity index (χ0n) is 5.33. The normalized spacial score (nSPS) is 9.11. The van der Waals surface area contributed by atoms with E-state index in [0.29, 0.717) is 0 Å². The molecule has 1 heterocycles. The topological polar surface area (TPSA) is 15.9 Å². The van der Waals surface area contributed by atoms with E-state index in [-0.39, 0.29) is 0 Å². The van der Waals surface area contributed by atoms with Crippen molar-refractivity contribution in [2.24, 2.45) is 0 Å². The first-order chi connectivity index (χ1) is 4.34. The summed E-state index contributed by atoms with van der Waals surface area (Å²) in [6, 6.07) is 5.70. The van der Waals surface area contributed by atoms with E-state index in [1.807, 2.05) is 25.2 Å². The van der Waals surface area contributed by atoms with Gasteiger partial charge in [-0.3, -0.25) is 13.3 Å². The Bertz CT molecular complexity index is 200. The molecule has 0 aromatic carbocycles. The van der Waals surface area contributed by atoms with Gasteiger partial charge in [-0.25, -0.2) is 0 Å². The largest absolute Gasteiger partial charge is 0.532 e. The van der Waals surface area contributed by atoms with Crippen LogP contribution in [-0.2, 0) is 0 Å². The van der Waals surface area contributed by atoms with Crippen molar-refractivity contribution in [3.8, 4) is 0 Å². The Morgan fingerprint density at radius 2 is 2.33 bits per heavy atom. The third kappa shape index (κ3) is 1.22. The van der Waals surface area contributed by atoms with Crippen LogP contribution in [0.1, 0.15) is 0 Å². The van der Waals surface area contributed by atoms with Gasteiger partial charge in [0.2, 0.25) is 5.82 Å². The molecule has 0 bridgehead atoms. The van der Waals surface area contributed by atoms with E-state index in [2.05, 4.69) is 5.32 Å². The highest BCUT2D eigenvalue weighted by Gasteiger charge is 1.87. The van der Waals surface area contributed by atoms with Crippen molar-refractivity contribution in [2.75, 3.05) is 12.4 Å². The van der Waals surface area contributed by atoms with Gasteiger partial charge in [0.1, 0.15) is 0 Å². The van der Waals surface area contributed by atoms with E-state index < -0.39 is 0 Å². The van der Waals surface area contributed by atoms with Crippen molar-refractivity contribution < 1.29 is 4.48 Å². The second kappa shape index (κ2) is 2.53. The molecule has 1 aromatic heterocycles. The van der Waals surface area contributed by atoms with E-state index in [9.17, 15) is 0 Å². The molecule has 3 radical (unpaired) electrons. The Labute approximate surface area is 56.0 Å². The maximum atomic E-state index is 5.49. The number of anilines is 1. The van der Waals surface area contributed by atoms with Crippen LogP contribution in [0.5, 0.6) is 0 Å². The number of nitrogens with one attached hydrogen (secondary N) is 1. The predicted molar refractivity (Wildman–Crippen MR) is 37.3 cm³/mol. The zero-order chi connectivity index (χ0) is 6.69. The van der Waals surface area contributed by atoms with Crippen molar-refractivity contribution in [2.45, 2.75) is 0 Å². The lowest BCUT2D eigenvalue weighted by molar-refractivity contribution is -0.505. The van der Waals surface area contributed by atoms with Crippen molar-refractivity contribution >= 4 is 13.8 Å². The molecule has 0 fully saturated rings. The third-order valence-corrected chi connectivity index (χ3v) is 1.15. The minimum Gasteiger partial charge on any atom is -0.532 e. The first kappa shape index (κ1) is 6.14. The minimum absolute atomic E-state index is 0.900. The summed E-state index contributed by atoms with van der Waals surface area (Å²) in [5, 5.41) is 2.93. The number of hydrogen-bond donors (Lipinski definition) is 1. The molecule has 0 saturated carbocycles. The molecule has 0 amide bonds. The molecule has 0 aliphatic heterocycles.